The molecular formula is C10H8Br2F2O2. The van der Waals surface area contributed by atoms with E-state index in [2.05, 4.69) is 36.6 Å². The molecular weight excluding hydrogens is 350 g/mol. The van der Waals surface area contributed by atoms with Gasteiger partial charge in [0.1, 0.15) is 5.75 Å². The first kappa shape index (κ1) is 13.6. The van der Waals surface area contributed by atoms with Crippen LogP contribution in [-0.2, 0) is 0 Å². The molecule has 0 saturated carbocycles. The molecule has 0 N–H and O–H groups in total. The zero-order valence-corrected chi connectivity index (χ0v) is 11.2. The third-order valence-corrected chi connectivity index (χ3v) is 2.67. The lowest BCUT2D eigenvalue weighted by atomic mass is 10.1. The van der Waals surface area contributed by atoms with Gasteiger partial charge in [-0.3, -0.25) is 4.79 Å². The highest BCUT2D eigenvalue weighted by atomic mass is 79.9. The summed E-state index contributed by atoms with van der Waals surface area (Å²) < 4.78 is 29.1. The van der Waals surface area contributed by atoms with Crippen LogP contribution in [-0.4, -0.2) is 17.7 Å². The number of hydrogen-bond donors (Lipinski definition) is 0. The molecule has 0 amide bonds. The monoisotopic (exact) mass is 356 g/mol. The SMILES string of the molecule is O=C(CCBr)c1cc(Br)ccc1OC(F)F. The van der Waals surface area contributed by atoms with Gasteiger partial charge in [-0.15, -0.1) is 0 Å². The first-order valence-corrected chi connectivity index (χ1v) is 6.29. The molecule has 0 bridgehead atoms. The first-order valence-electron chi connectivity index (χ1n) is 4.38. The second-order valence-corrected chi connectivity index (χ2v) is 4.59. The molecule has 0 heterocycles. The standard InChI is InChI=1S/C10H8Br2F2O2/c11-4-3-8(15)7-5-6(12)1-2-9(7)16-10(13)14/h1-2,5,10H,3-4H2. The van der Waals surface area contributed by atoms with E-state index in [0.717, 1.165) is 0 Å². The van der Waals surface area contributed by atoms with Gasteiger partial charge in [0.15, 0.2) is 5.78 Å². The molecule has 0 radical (unpaired) electrons. The van der Waals surface area contributed by atoms with E-state index in [9.17, 15) is 13.6 Å². The molecule has 0 aliphatic carbocycles. The highest BCUT2D eigenvalue weighted by molar-refractivity contribution is 9.10. The minimum atomic E-state index is -2.93. The summed E-state index contributed by atoms with van der Waals surface area (Å²) in [5.74, 6) is -0.335. The molecule has 0 aromatic heterocycles. The van der Waals surface area contributed by atoms with Gasteiger partial charge in [-0.1, -0.05) is 31.9 Å². The van der Waals surface area contributed by atoms with Crippen LogP contribution in [0.25, 0.3) is 0 Å². The number of ketones is 1. The Morgan fingerprint density at radius 3 is 2.69 bits per heavy atom. The van der Waals surface area contributed by atoms with Gasteiger partial charge >= 0.3 is 6.61 Å². The van der Waals surface area contributed by atoms with Crippen LogP contribution in [0, 0.1) is 0 Å². The van der Waals surface area contributed by atoms with Crippen LogP contribution >= 0.6 is 31.9 Å². The molecule has 0 atom stereocenters. The van der Waals surface area contributed by atoms with Crippen molar-refractivity contribution in [2.45, 2.75) is 13.0 Å². The van der Waals surface area contributed by atoms with E-state index in [1.54, 1.807) is 6.07 Å². The van der Waals surface area contributed by atoms with Gasteiger partial charge in [0.2, 0.25) is 0 Å². The number of alkyl halides is 3. The van der Waals surface area contributed by atoms with Gasteiger partial charge in [-0.25, -0.2) is 0 Å². The number of rotatable bonds is 5. The van der Waals surface area contributed by atoms with Crippen molar-refractivity contribution in [2.24, 2.45) is 0 Å². The highest BCUT2D eigenvalue weighted by Gasteiger charge is 2.15. The largest absolute Gasteiger partial charge is 0.434 e. The second-order valence-electron chi connectivity index (χ2n) is 2.88. The minimum absolute atomic E-state index is 0.0934. The van der Waals surface area contributed by atoms with Crippen molar-refractivity contribution in [3.8, 4) is 5.75 Å². The van der Waals surface area contributed by atoms with Gasteiger partial charge in [-0.2, -0.15) is 8.78 Å². The Bertz CT molecular complexity index is 383. The second kappa shape index (κ2) is 6.30. The van der Waals surface area contributed by atoms with Crippen LogP contribution in [0.1, 0.15) is 16.8 Å². The molecule has 0 unspecified atom stereocenters. The molecule has 88 valence electrons. The predicted molar refractivity (Wildman–Crippen MR) is 63.5 cm³/mol. The topological polar surface area (TPSA) is 26.3 Å². The smallest absolute Gasteiger partial charge is 0.387 e. The molecule has 0 spiro atoms. The molecule has 6 heteroatoms. The number of Topliss-reactive ketones (excluding diaryl/α,β-unsaturated/α-hetero) is 1. The van der Waals surface area contributed by atoms with Crippen LogP contribution in [0.3, 0.4) is 0 Å². The number of halogens is 4. The molecule has 0 aliphatic heterocycles. The number of benzene rings is 1. The molecule has 1 rings (SSSR count). The maximum Gasteiger partial charge on any atom is 0.387 e. The van der Waals surface area contributed by atoms with Gasteiger partial charge in [0.25, 0.3) is 0 Å². The van der Waals surface area contributed by atoms with Crippen molar-refractivity contribution in [2.75, 3.05) is 5.33 Å². The molecule has 0 saturated heterocycles. The van der Waals surface area contributed by atoms with Crippen LogP contribution < -0.4 is 4.74 Å². The van der Waals surface area contributed by atoms with E-state index in [1.807, 2.05) is 0 Å². The summed E-state index contributed by atoms with van der Waals surface area (Å²) in [5, 5.41) is 0.479. The van der Waals surface area contributed by atoms with Crippen LogP contribution in [0.5, 0.6) is 5.75 Å². The van der Waals surface area contributed by atoms with Crippen molar-refractivity contribution in [1.29, 1.82) is 0 Å². The first-order chi connectivity index (χ1) is 7.54. The third kappa shape index (κ3) is 3.83. The summed E-state index contributed by atoms with van der Waals surface area (Å²) in [7, 11) is 0. The number of carbonyl (C=O) groups excluding carboxylic acids is 1. The Morgan fingerprint density at radius 1 is 1.44 bits per heavy atom. The zero-order chi connectivity index (χ0) is 12.1. The quantitative estimate of drug-likeness (QED) is 0.587. The van der Waals surface area contributed by atoms with Crippen molar-refractivity contribution in [3.63, 3.8) is 0 Å². The highest BCUT2D eigenvalue weighted by Crippen LogP contribution is 2.26. The average Bonchev–Trinajstić information content (AvgIpc) is 2.20. The number of carbonyl (C=O) groups is 1. The Morgan fingerprint density at radius 2 is 2.12 bits per heavy atom. The Kier molecular flexibility index (Phi) is 5.34. The van der Waals surface area contributed by atoms with Gasteiger partial charge in [-0.05, 0) is 18.2 Å². The average molecular weight is 358 g/mol. The van der Waals surface area contributed by atoms with Crippen molar-refractivity contribution in [1.82, 2.24) is 0 Å². The molecule has 2 nitrogen and oxygen atoms in total. The van der Waals surface area contributed by atoms with Gasteiger partial charge in [0, 0.05) is 16.2 Å². The van der Waals surface area contributed by atoms with Crippen molar-refractivity contribution >= 4 is 37.6 Å². The summed E-state index contributed by atoms with van der Waals surface area (Å²) in [6, 6.07) is 4.36. The molecule has 1 aromatic carbocycles. The summed E-state index contributed by atoms with van der Waals surface area (Å²) in [6.07, 6.45) is 0.232. The molecule has 1 aromatic rings. The van der Waals surface area contributed by atoms with Crippen LogP contribution in [0.2, 0.25) is 0 Å². The van der Waals surface area contributed by atoms with E-state index in [-0.39, 0.29) is 23.5 Å². The Hall–Kier alpha value is -0.490. The normalized spacial score (nSPS) is 10.6. The zero-order valence-electron chi connectivity index (χ0n) is 8.05. The van der Waals surface area contributed by atoms with Crippen LogP contribution in [0.15, 0.2) is 22.7 Å². The fourth-order valence-electron chi connectivity index (χ4n) is 1.14. The number of ether oxygens (including phenoxy) is 1. The van der Waals surface area contributed by atoms with Crippen LogP contribution in [0.4, 0.5) is 8.78 Å². The van der Waals surface area contributed by atoms with Gasteiger partial charge in [0.05, 0.1) is 5.56 Å². The fraction of sp³-hybridized carbons (Fsp3) is 0.300. The van der Waals surface area contributed by atoms with E-state index in [1.165, 1.54) is 12.1 Å². The third-order valence-electron chi connectivity index (χ3n) is 1.78. The summed E-state index contributed by atoms with van der Waals surface area (Å²) in [5.41, 5.74) is 0.161. The number of hydrogen-bond acceptors (Lipinski definition) is 2. The predicted octanol–water partition coefficient (Wildman–Crippen LogP) is 4.02. The Balaban J connectivity index is 3.02. The minimum Gasteiger partial charge on any atom is -0.434 e. The summed E-state index contributed by atoms with van der Waals surface area (Å²) >= 11 is 6.29. The van der Waals surface area contributed by atoms with E-state index < -0.39 is 6.61 Å². The van der Waals surface area contributed by atoms with E-state index >= 15 is 0 Å². The van der Waals surface area contributed by atoms with Crippen molar-refractivity contribution < 1.29 is 18.3 Å². The fourth-order valence-corrected chi connectivity index (χ4v) is 1.86. The lowest BCUT2D eigenvalue weighted by molar-refractivity contribution is -0.0501. The maximum atomic E-state index is 12.1. The van der Waals surface area contributed by atoms with E-state index in [0.29, 0.717) is 9.80 Å². The summed E-state index contributed by atoms with van der Waals surface area (Å²) in [6.45, 7) is -2.93. The van der Waals surface area contributed by atoms with E-state index in [4.69, 9.17) is 0 Å². The van der Waals surface area contributed by atoms with Gasteiger partial charge < -0.3 is 4.74 Å². The Labute approximate surface area is 108 Å². The summed E-state index contributed by atoms with van der Waals surface area (Å²) in [4.78, 5) is 11.6. The molecule has 0 fully saturated rings. The lowest BCUT2D eigenvalue weighted by Crippen LogP contribution is -2.08. The molecule has 0 aliphatic rings. The lowest BCUT2D eigenvalue weighted by Gasteiger charge is -2.09. The van der Waals surface area contributed by atoms with Crippen molar-refractivity contribution in [3.05, 3.63) is 28.2 Å². The molecule has 16 heavy (non-hydrogen) atoms. The maximum absolute atomic E-state index is 12.1.